The highest BCUT2D eigenvalue weighted by molar-refractivity contribution is 5.95. The molecule has 0 aromatic heterocycles. The number of methoxy groups -OCH3 is 1. The molecule has 1 rings (SSSR count). The molecule has 5 nitrogen and oxygen atoms in total. The van der Waals surface area contributed by atoms with Crippen molar-refractivity contribution in [3.05, 3.63) is 0 Å². The first kappa shape index (κ1) is 17.0. The second-order valence-electron chi connectivity index (χ2n) is 6.53. The minimum Gasteiger partial charge on any atom is -0.385 e. The highest BCUT2D eigenvalue weighted by Crippen LogP contribution is 2.24. The molecule has 0 aliphatic carbocycles. The van der Waals surface area contributed by atoms with Gasteiger partial charge in [0, 0.05) is 20.3 Å². The van der Waals surface area contributed by atoms with Crippen molar-refractivity contribution in [2.75, 3.05) is 26.8 Å². The molecule has 1 heterocycles. The van der Waals surface area contributed by atoms with E-state index in [4.69, 9.17) is 4.74 Å². The first-order chi connectivity index (χ1) is 9.30. The van der Waals surface area contributed by atoms with Crippen LogP contribution in [0.25, 0.3) is 0 Å². The fraction of sp³-hybridized carbons (Fsp3) is 0.867. The Morgan fingerprint density at radius 1 is 1.45 bits per heavy atom. The van der Waals surface area contributed by atoms with Crippen LogP contribution in [0.5, 0.6) is 0 Å². The maximum atomic E-state index is 12.5. The van der Waals surface area contributed by atoms with Gasteiger partial charge < -0.3 is 15.0 Å². The van der Waals surface area contributed by atoms with Gasteiger partial charge in [-0.2, -0.15) is 0 Å². The molecule has 1 aliphatic heterocycles. The molecular weight excluding hydrogens is 256 g/mol. The van der Waals surface area contributed by atoms with Crippen molar-refractivity contribution in [2.24, 2.45) is 11.3 Å². The van der Waals surface area contributed by atoms with Gasteiger partial charge in [0.1, 0.15) is 6.04 Å². The summed E-state index contributed by atoms with van der Waals surface area (Å²) in [6.07, 6.45) is 1.74. The van der Waals surface area contributed by atoms with Gasteiger partial charge in [-0.1, -0.05) is 34.1 Å². The van der Waals surface area contributed by atoms with Gasteiger partial charge in [0.2, 0.25) is 11.8 Å². The van der Waals surface area contributed by atoms with E-state index < -0.39 is 0 Å². The summed E-state index contributed by atoms with van der Waals surface area (Å²) in [5.74, 6) is 0.151. The van der Waals surface area contributed by atoms with E-state index in [9.17, 15) is 9.59 Å². The fourth-order valence-electron chi connectivity index (χ4n) is 2.46. The maximum Gasteiger partial charge on any atom is 0.245 e. The Hall–Kier alpha value is -1.10. The number of piperazine rings is 1. The monoisotopic (exact) mass is 284 g/mol. The van der Waals surface area contributed by atoms with E-state index in [2.05, 4.69) is 19.2 Å². The van der Waals surface area contributed by atoms with Crippen molar-refractivity contribution in [1.29, 1.82) is 0 Å². The zero-order valence-corrected chi connectivity index (χ0v) is 13.4. The Kier molecular flexibility index (Phi) is 5.99. The second-order valence-corrected chi connectivity index (χ2v) is 6.53. The number of ether oxygens (including phenoxy) is 1. The van der Waals surface area contributed by atoms with Gasteiger partial charge >= 0.3 is 0 Å². The molecule has 2 unspecified atom stereocenters. The van der Waals surface area contributed by atoms with Gasteiger partial charge in [-0.15, -0.1) is 0 Å². The van der Waals surface area contributed by atoms with Gasteiger partial charge in [0.15, 0.2) is 0 Å². The molecule has 1 N–H and O–H groups in total. The highest BCUT2D eigenvalue weighted by Gasteiger charge is 2.37. The number of carbonyl (C=O) groups excluding carboxylic acids is 2. The van der Waals surface area contributed by atoms with Crippen LogP contribution >= 0.6 is 0 Å². The van der Waals surface area contributed by atoms with E-state index in [0.717, 1.165) is 12.8 Å². The minimum atomic E-state index is -0.375. The van der Waals surface area contributed by atoms with E-state index in [1.807, 2.05) is 13.8 Å². The molecule has 0 spiro atoms. The standard InChI is InChI=1S/C15H28N2O3/c1-6-11(2)13-14(19)17(9-12(18)16-13)10-15(3,4)7-8-20-5/h11,13H,6-10H2,1-5H3,(H,16,18). The summed E-state index contributed by atoms with van der Waals surface area (Å²) >= 11 is 0. The summed E-state index contributed by atoms with van der Waals surface area (Å²) in [5, 5.41) is 2.82. The third-order valence-corrected chi connectivity index (χ3v) is 4.04. The Morgan fingerprint density at radius 3 is 2.65 bits per heavy atom. The van der Waals surface area contributed by atoms with E-state index in [1.165, 1.54) is 0 Å². The smallest absolute Gasteiger partial charge is 0.245 e. The molecule has 0 radical (unpaired) electrons. The average Bonchev–Trinajstić information content (AvgIpc) is 2.39. The summed E-state index contributed by atoms with van der Waals surface area (Å²) in [5.41, 5.74) is -0.0523. The Bertz CT molecular complexity index is 355. The number of nitrogens with one attached hydrogen (secondary N) is 1. The van der Waals surface area contributed by atoms with E-state index in [0.29, 0.717) is 13.2 Å². The number of rotatable bonds is 7. The number of amides is 2. The van der Waals surface area contributed by atoms with Crippen LogP contribution in [0.15, 0.2) is 0 Å². The molecule has 2 atom stereocenters. The SMILES string of the molecule is CCC(C)C1NC(=O)CN(CC(C)(C)CCOC)C1=O. The lowest BCUT2D eigenvalue weighted by Gasteiger charge is -2.39. The van der Waals surface area contributed by atoms with Crippen LogP contribution < -0.4 is 5.32 Å². The van der Waals surface area contributed by atoms with E-state index >= 15 is 0 Å². The number of hydrogen-bond acceptors (Lipinski definition) is 3. The molecule has 20 heavy (non-hydrogen) atoms. The van der Waals surface area contributed by atoms with Crippen molar-refractivity contribution in [2.45, 2.75) is 46.6 Å². The third-order valence-electron chi connectivity index (χ3n) is 4.04. The van der Waals surface area contributed by atoms with Crippen LogP contribution in [0.4, 0.5) is 0 Å². The van der Waals surface area contributed by atoms with Crippen molar-refractivity contribution >= 4 is 11.8 Å². The molecule has 0 aromatic rings. The number of nitrogens with zero attached hydrogens (tertiary/aromatic N) is 1. The zero-order valence-electron chi connectivity index (χ0n) is 13.4. The molecule has 0 aromatic carbocycles. The minimum absolute atomic E-state index is 0.0458. The summed E-state index contributed by atoms with van der Waals surface area (Å²) < 4.78 is 5.11. The summed E-state index contributed by atoms with van der Waals surface area (Å²) in [6.45, 7) is 9.66. The molecule has 1 saturated heterocycles. The lowest BCUT2D eigenvalue weighted by Crippen LogP contribution is -2.61. The van der Waals surface area contributed by atoms with Crippen LogP contribution in [0.3, 0.4) is 0 Å². The number of hydrogen-bond donors (Lipinski definition) is 1. The molecule has 1 aliphatic rings. The van der Waals surface area contributed by atoms with Crippen molar-refractivity contribution < 1.29 is 14.3 Å². The van der Waals surface area contributed by atoms with Crippen LogP contribution in [0.1, 0.15) is 40.5 Å². The number of carbonyl (C=O) groups is 2. The van der Waals surface area contributed by atoms with Crippen LogP contribution in [-0.4, -0.2) is 49.6 Å². The van der Waals surface area contributed by atoms with Crippen molar-refractivity contribution in [1.82, 2.24) is 10.2 Å². The van der Waals surface area contributed by atoms with Gasteiger partial charge in [-0.3, -0.25) is 9.59 Å². The Balaban J connectivity index is 2.73. The molecule has 116 valence electrons. The molecule has 0 bridgehead atoms. The molecule has 0 saturated carbocycles. The highest BCUT2D eigenvalue weighted by atomic mass is 16.5. The van der Waals surface area contributed by atoms with Crippen LogP contribution in [0.2, 0.25) is 0 Å². The second kappa shape index (κ2) is 7.07. The topological polar surface area (TPSA) is 58.6 Å². The predicted molar refractivity (Wildman–Crippen MR) is 78.2 cm³/mol. The van der Waals surface area contributed by atoms with Crippen molar-refractivity contribution in [3.8, 4) is 0 Å². The zero-order chi connectivity index (χ0) is 15.3. The maximum absolute atomic E-state index is 12.5. The molecule has 5 heteroatoms. The van der Waals surface area contributed by atoms with E-state index in [-0.39, 0.29) is 35.7 Å². The molecular formula is C15H28N2O3. The van der Waals surface area contributed by atoms with Crippen LogP contribution in [-0.2, 0) is 14.3 Å². The quantitative estimate of drug-likeness (QED) is 0.769. The Morgan fingerprint density at radius 2 is 2.10 bits per heavy atom. The molecule has 2 amide bonds. The summed E-state index contributed by atoms with van der Waals surface area (Å²) in [4.78, 5) is 26.0. The normalized spacial score (nSPS) is 21.9. The largest absolute Gasteiger partial charge is 0.385 e. The average molecular weight is 284 g/mol. The first-order valence-electron chi connectivity index (χ1n) is 7.38. The Labute approximate surface area is 122 Å². The predicted octanol–water partition coefficient (Wildman–Crippen LogP) is 1.42. The van der Waals surface area contributed by atoms with Gasteiger partial charge in [0.25, 0.3) is 0 Å². The molecule has 1 fully saturated rings. The van der Waals surface area contributed by atoms with Gasteiger partial charge in [-0.25, -0.2) is 0 Å². The summed E-state index contributed by atoms with van der Waals surface area (Å²) in [7, 11) is 1.68. The van der Waals surface area contributed by atoms with Gasteiger partial charge in [0.05, 0.1) is 6.54 Å². The van der Waals surface area contributed by atoms with Crippen LogP contribution in [0, 0.1) is 11.3 Å². The first-order valence-corrected chi connectivity index (χ1v) is 7.38. The lowest BCUT2D eigenvalue weighted by atomic mass is 9.87. The van der Waals surface area contributed by atoms with E-state index in [1.54, 1.807) is 12.0 Å². The van der Waals surface area contributed by atoms with Gasteiger partial charge in [-0.05, 0) is 17.8 Å². The fourth-order valence-corrected chi connectivity index (χ4v) is 2.46. The van der Waals surface area contributed by atoms with Crippen molar-refractivity contribution in [3.63, 3.8) is 0 Å². The third kappa shape index (κ3) is 4.47. The lowest BCUT2D eigenvalue weighted by molar-refractivity contribution is -0.147. The summed E-state index contributed by atoms with van der Waals surface area (Å²) in [6, 6.07) is -0.375.